The number of para-hydroxylation sites is 1. The number of benzene rings is 1. The van der Waals surface area contributed by atoms with E-state index in [1.54, 1.807) is 27.0 Å². The van der Waals surface area contributed by atoms with Crippen molar-refractivity contribution in [1.82, 2.24) is 14.7 Å². The predicted molar refractivity (Wildman–Crippen MR) is 120 cm³/mol. The topological polar surface area (TPSA) is 96.1 Å². The van der Waals surface area contributed by atoms with E-state index in [2.05, 4.69) is 33.2 Å². The fourth-order valence-corrected chi connectivity index (χ4v) is 4.35. The minimum absolute atomic E-state index is 0.298. The quantitative estimate of drug-likeness (QED) is 0.497. The molecule has 0 bridgehead atoms. The molecule has 0 saturated carbocycles. The van der Waals surface area contributed by atoms with Crippen molar-refractivity contribution in [2.45, 2.75) is 58.6 Å². The van der Waals surface area contributed by atoms with Crippen LogP contribution in [0.5, 0.6) is 0 Å². The second kappa shape index (κ2) is 8.87. The Morgan fingerprint density at radius 3 is 2.63 bits per heavy atom. The second-order valence-corrected chi connectivity index (χ2v) is 9.83. The molecule has 0 aliphatic carbocycles. The standard InChI is InChI=1S/C22H28N4O3S/c1-14(2)16-12-24-30(13-16)26-20(27)19(25-21(28)29-22(3,4)5)10-15-11-23-18-9-7-6-8-17(15)18/h6-9,11-14,19,23H,10H2,1-5H3,(H,25,28)/p+1/t19-,30?/m0/s1. The molecule has 0 aliphatic heterocycles. The van der Waals surface area contributed by atoms with Crippen molar-refractivity contribution in [2.24, 2.45) is 0 Å². The van der Waals surface area contributed by atoms with Gasteiger partial charge in [0.2, 0.25) is 10.9 Å². The molecule has 30 heavy (non-hydrogen) atoms. The molecule has 3 aromatic rings. The molecule has 3 N–H and O–H groups in total. The van der Waals surface area contributed by atoms with Gasteiger partial charge in [0.05, 0.1) is 6.20 Å². The lowest BCUT2D eigenvalue weighted by atomic mass is 10.0. The highest BCUT2D eigenvalue weighted by atomic mass is 32.2. The normalized spacial score (nSPS) is 13.3. The maximum absolute atomic E-state index is 13.1. The number of rotatable bonds is 6. The van der Waals surface area contributed by atoms with E-state index < -0.39 is 28.6 Å². The second-order valence-electron chi connectivity index (χ2n) is 8.55. The van der Waals surface area contributed by atoms with E-state index in [-0.39, 0.29) is 5.91 Å². The van der Waals surface area contributed by atoms with Gasteiger partial charge >= 0.3 is 6.09 Å². The number of fused-ring (bicyclic) bond motifs is 1. The molecule has 2 atom stereocenters. The molecule has 2 aromatic heterocycles. The highest BCUT2D eigenvalue weighted by Gasteiger charge is 2.28. The van der Waals surface area contributed by atoms with Gasteiger partial charge in [-0.1, -0.05) is 32.0 Å². The number of carbonyl (C=O) groups excluding carboxylic acids is 2. The van der Waals surface area contributed by atoms with Gasteiger partial charge in [0.15, 0.2) is 5.38 Å². The Labute approximate surface area is 179 Å². The molecular formula is C22H29N4O3S+. The van der Waals surface area contributed by atoms with Crippen molar-refractivity contribution < 1.29 is 14.3 Å². The summed E-state index contributed by atoms with van der Waals surface area (Å²) in [6, 6.07) is 7.07. The Morgan fingerprint density at radius 2 is 1.97 bits per heavy atom. The lowest BCUT2D eigenvalue weighted by molar-refractivity contribution is -0.117. The fraction of sp³-hybridized carbons (Fsp3) is 0.409. The molecule has 2 amide bonds. The number of aromatic amines is 1. The van der Waals surface area contributed by atoms with Crippen LogP contribution in [0.4, 0.5) is 4.79 Å². The first-order chi connectivity index (χ1) is 14.1. The van der Waals surface area contributed by atoms with Crippen LogP contribution < -0.4 is 10.0 Å². The molecule has 3 rings (SSSR count). The van der Waals surface area contributed by atoms with Gasteiger partial charge in [0.25, 0.3) is 5.91 Å². The maximum atomic E-state index is 13.1. The van der Waals surface area contributed by atoms with E-state index in [9.17, 15) is 9.59 Å². The zero-order valence-electron chi connectivity index (χ0n) is 18.0. The molecule has 2 heterocycles. The van der Waals surface area contributed by atoms with Crippen molar-refractivity contribution >= 4 is 33.8 Å². The number of aromatic nitrogens is 2. The lowest BCUT2D eigenvalue weighted by Crippen LogP contribution is -2.46. The van der Waals surface area contributed by atoms with Crippen LogP contribution >= 0.6 is 10.9 Å². The number of ether oxygens (including phenoxy) is 1. The maximum Gasteiger partial charge on any atom is 0.408 e. The summed E-state index contributed by atoms with van der Waals surface area (Å²) in [5, 5.41) is 5.70. The van der Waals surface area contributed by atoms with Crippen LogP contribution in [-0.2, 0) is 16.0 Å². The monoisotopic (exact) mass is 429 g/mol. The molecule has 0 fully saturated rings. The molecule has 0 radical (unpaired) electrons. The summed E-state index contributed by atoms with van der Waals surface area (Å²) in [6.07, 6.45) is 3.37. The summed E-state index contributed by atoms with van der Waals surface area (Å²) in [6.45, 7) is 9.52. The third-order valence-corrected chi connectivity index (χ3v) is 5.78. The first kappa shape index (κ1) is 21.8. The predicted octanol–water partition coefficient (Wildman–Crippen LogP) is 4.64. The minimum Gasteiger partial charge on any atom is -0.444 e. The van der Waals surface area contributed by atoms with Gasteiger partial charge in [-0.2, -0.15) is 0 Å². The number of hydrogen-bond acceptors (Lipinski definition) is 4. The summed E-state index contributed by atoms with van der Waals surface area (Å²) in [7, 11) is -0.730. The van der Waals surface area contributed by atoms with E-state index in [1.165, 1.54) is 0 Å². The van der Waals surface area contributed by atoms with Crippen LogP contribution in [0.15, 0.2) is 42.0 Å². The number of hydrogen-bond donors (Lipinski definition) is 3. The Balaban J connectivity index is 1.80. The van der Waals surface area contributed by atoms with E-state index in [4.69, 9.17) is 4.74 Å². The smallest absolute Gasteiger partial charge is 0.408 e. The number of amides is 2. The van der Waals surface area contributed by atoms with Crippen LogP contribution in [0.25, 0.3) is 10.9 Å². The van der Waals surface area contributed by atoms with Crippen LogP contribution in [0.3, 0.4) is 0 Å². The third kappa shape index (κ3) is 5.60. The van der Waals surface area contributed by atoms with Gasteiger partial charge in [-0.25, -0.2) is 4.79 Å². The SMILES string of the molecule is CC(C)c1cn[s+](NC(=O)[C@H](Cc2c[nH]c3ccccc23)NC(=O)OC(C)(C)C)c1. The highest BCUT2D eigenvalue weighted by Crippen LogP contribution is 2.22. The molecule has 1 unspecified atom stereocenters. The first-order valence-electron chi connectivity index (χ1n) is 9.96. The van der Waals surface area contributed by atoms with Gasteiger partial charge in [-0.05, 0) is 42.7 Å². The van der Waals surface area contributed by atoms with E-state index in [0.29, 0.717) is 12.3 Å². The number of alkyl carbamates (subject to hydrolysis) is 1. The Kier molecular flexibility index (Phi) is 6.45. The van der Waals surface area contributed by atoms with E-state index in [1.807, 2.05) is 35.8 Å². The van der Waals surface area contributed by atoms with Crippen molar-refractivity contribution in [1.29, 1.82) is 0 Å². The zero-order valence-corrected chi connectivity index (χ0v) is 18.8. The van der Waals surface area contributed by atoms with Gasteiger partial charge in [-0.15, -0.1) is 4.72 Å². The van der Waals surface area contributed by atoms with Crippen LogP contribution in [-0.4, -0.2) is 33.0 Å². The molecule has 0 saturated heterocycles. The number of H-pyrrole nitrogens is 1. The van der Waals surface area contributed by atoms with E-state index >= 15 is 0 Å². The molecule has 160 valence electrons. The Morgan fingerprint density at radius 1 is 1.23 bits per heavy atom. The van der Waals surface area contributed by atoms with Crippen molar-refractivity contribution in [3.63, 3.8) is 0 Å². The van der Waals surface area contributed by atoms with E-state index in [0.717, 1.165) is 22.0 Å². The minimum atomic E-state index is -0.793. The zero-order chi connectivity index (χ0) is 21.9. The van der Waals surface area contributed by atoms with Crippen LogP contribution in [0.1, 0.15) is 51.7 Å². The van der Waals surface area contributed by atoms with Crippen LogP contribution in [0.2, 0.25) is 0 Å². The fourth-order valence-electron chi connectivity index (χ4n) is 3.00. The number of nitrogens with zero attached hydrogens (tertiary/aromatic N) is 1. The Bertz CT molecular complexity index is 1030. The van der Waals surface area contributed by atoms with Gasteiger partial charge in [0, 0.05) is 29.1 Å². The average molecular weight is 430 g/mol. The summed E-state index contributed by atoms with van der Waals surface area (Å²) in [4.78, 5) is 28.6. The lowest BCUT2D eigenvalue weighted by Gasteiger charge is -2.22. The summed E-state index contributed by atoms with van der Waals surface area (Å²) >= 11 is 0. The van der Waals surface area contributed by atoms with Crippen molar-refractivity contribution in [3.8, 4) is 0 Å². The number of carbonyl (C=O) groups is 2. The van der Waals surface area contributed by atoms with Gasteiger partial charge in [0.1, 0.15) is 11.6 Å². The molecular weight excluding hydrogens is 400 g/mol. The Hall–Kier alpha value is -2.87. The highest BCUT2D eigenvalue weighted by molar-refractivity contribution is 7.28. The van der Waals surface area contributed by atoms with Gasteiger partial charge < -0.3 is 15.0 Å². The first-order valence-corrected chi connectivity index (χ1v) is 11.2. The number of nitrogens with one attached hydrogen (secondary N) is 3. The largest absolute Gasteiger partial charge is 0.444 e. The molecule has 1 aromatic carbocycles. The van der Waals surface area contributed by atoms with Crippen LogP contribution in [0, 0.1) is 0 Å². The van der Waals surface area contributed by atoms with Crippen molar-refractivity contribution in [2.75, 3.05) is 4.72 Å². The molecule has 7 nitrogen and oxygen atoms in total. The molecule has 0 aliphatic rings. The molecule has 0 spiro atoms. The van der Waals surface area contributed by atoms with Gasteiger partial charge in [-0.3, -0.25) is 4.79 Å². The van der Waals surface area contributed by atoms with Crippen molar-refractivity contribution in [3.05, 3.63) is 53.2 Å². The summed E-state index contributed by atoms with van der Waals surface area (Å²) in [5.74, 6) is 0.0398. The molecule has 8 heteroatoms. The summed E-state index contributed by atoms with van der Waals surface area (Å²) in [5.41, 5.74) is 2.36. The third-order valence-electron chi connectivity index (χ3n) is 4.54. The summed E-state index contributed by atoms with van der Waals surface area (Å²) < 4.78 is 12.7. The average Bonchev–Trinajstić information content (AvgIpc) is 3.27.